The first-order valence-electron chi connectivity index (χ1n) is 8.31. The molecule has 3 N–H and O–H groups in total. The van der Waals surface area contributed by atoms with Gasteiger partial charge in [0.2, 0.25) is 5.91 Å². The minimum absolute atomic E-state index is 0.0505. The van der Waals surface area contributed by atoms with E-state index in [0.29, 0.717) is 17.9 Å². The molecular formula is C17H28N4O3+2. The van der Waals surface area contributed by atoms with Crippen molar-refractivity contribution in [1.82, 2.24) is 5.43 Å². The van der Waals surface area contributed by atoms with E-state index in [9.17, 15) is 4.79 Å². The highest BCUT2D eigenvalue weighted by atomic mass is 16.5. The first-order chi connectivity index (χ1) is 11.6. The zero-order valence-corrected chi connectivity index (χ0v) is 14.7. The van der Waals surface area contributed by atoms with E-state index in [1.807, 2.05) is 12.1 Å². The van der Waals surface area contributed by atoms with Gasteiger partial charge in [-0.15, -0.1) is 0 Å². The molecule has 1 heterocycles. The Kier molecular flexibility index (Phi) is 7.02. The van der Waals surface area contributed by atoms with Crippen LogP contribution in [0.3, 0.4) is 0 Å². The molecule has 7 heteroatoms. The van der Waals surface area contributed by atoms with Crippen LogP contribution in [0.25, 0.3) is 0 Å². The van der Waals surface area contributed by atoms with Crippen LogP contribution in [-0.4, -0.2) is 66.1 Å². The van der Waals surface area contributed by atoms with Crippen LogP contribution in [0.5, 0.6) is 11.5 Å². The molecule has 0 aromatic heterocycles. The predicted molar refractivity (Wildman–Crippen MR) is 92.1 cm³/mol. The highest BCUT2D eigenvalue weighted by Crippen LogP contribution is 2.26. The summed E-state index contributed by atoms with van der Waals surface area (Å²) in [5.74, 6) is 1.25. The molecule has 24 heavy (non-hydrogen) atoms. The average Bonchev–Trinajstić information content (AvgIpc) is 2.61. The van der Waals surface area contributed by atoms with Crippen molar-refractivity contribution in [3.05, 3.63) is 23.8 Å². The minimum atomic E-state index is -0.0505. The molecule has 1 saturated heterocycles. The molecule has 0 aliphatic carbocycles. The van der Waals surface area contributed by atoms with Gasteiger partial charge in [0, 0.05) is 0 Å². The smallest absolute Gasteiger partial charge is 0.245 e. The van der Waals surface area contributed by atoms with Crippen LogP contribution < -0.4 is 24.7 Å². The van der Waals surface area contributed by atoms with Gasteiger partial charge in [-0.3, -0.25) is 4.79 Å². The van der Waals surface area contributed by atoms with Gasteiger partial charge >= 0.3 is 0 Å². The minimum Gasteiger partial charge on any atom is -0.493 e. The van der Waals surface area contributed by atoms with Crippen LogP contribution in [0.15, 0.2) is 23.3 Å². The number of methoxy groups -OCH3 is 2. The van der Waals surface area contributed by atoms with Gasteiger partial charge in [0.05, 0.1) is 40.4 Å². The summed E-state index contributed by atoms with van der Waals surface area (Å²) in [5, 5.41) is 4.01. The Morgan fingerprint density at radius 1 is 1.21 bits per heavy atom. The van der Waals surface area contributed by atoms with Crippen molar-refractivity contribution in [1.29, 1.82) is 0 Å². The maximum atomic E-state index is 11.9. The molecule has 132 valence electrons. The number of benzene rings is 1. The van der Waals surface area contributed by atoms with E-state index < -0.39 is 0 Å². The lowest BCUT2D eigenvalue weighted by Crippen LogP contribution is -3.27. The Hall–Kier alpha value is -2.12. The van der Waals surface area contributed by atoms with E-state index >= 15 is 0 Å². The number of hydrogen-bond donors (Lipinski definition) is 3. The monoisotopic (exact) mass is 336 g/mol. The van der Waals surface area contributed by atoms with E-state index in [0.717, 1.165) is 25.2 Å². The third-order valence-electron chi connectivity index (χ3n) is 4.33. The third-order valence-corrected chi connectivity index (χ3v) is 4.33. The summed E-state index contributed by atoms with van der Waals surface area (Å²) in [6.07, 6.45) is 2.10. The number of nitrogens with zero attached hydrogens (tertiary/aromatic N) is 1. The molecule has 1 fully saturated rings. The molecule has 2 rings (SSSR count). The number of piperazine rings is 1. The second-order valence-corrected chi connectivity index (χ2v) is 6.11. The van der Waals surface area contributed by atoms with Crippen LogP contribution in [0.1, 0.15) is 12.0 Å². The van der Waals surface area contributed by atoms with Crippen LogP contribution in [-0.2, 0) is 4.79 Å². The Morgan fingerprint density at radius 3 is 2.58 bits per heavy atom. The molecule has 1 aliphatic rings. The van der Waals surface area contributed by atoms with Gasteiger partial charge in [0.25, 0.3) is 0 Å². The normalized spacial score (nSPS) is 20.8. The SMILES string of the molecule is COc1ccc(/C=N\NC(=O)CC[NH+]2CC[NH+](C)CC2)cc1OC. The molecule has 0 spiro atoms. The molecule has 1 amide bonds. The first kappa shape index (κ1) is 18.2. The Labute approximate surface area is 143 Å². The van der Waals surface area contributed by atoms with Gasteiger partial charge in [-0.25, -0.2) is 5.43 Å². The summed E-state index contributed by atoms with van der Waals surface area (Å²) in [5.41, 5.74) is 3.42. The van der Waals surface area contributed by atoms with Crippen molar-refractivity contribution in [3.63, 3.8) is 0 Å². The number of nitrogens with one attached hydrogen (secondary N) is 3. The summed E-state index contributed by atoms with van der Waals surface area (Å²) in [6.45, 7) is 5.48. The zero-order chi connectivity index (χ0) is 17.4. The number of amides is 1. The van der Waals surface area contributed by atoms with E-state index in [1.165, 1.54) is 18.0 Å². The largest absolute Gasteiger partial charge is 0.493 e. The van der Waals surface area contributed by atoms with E-state index in [2.05, 4.69) is 17.6 Å². The van der Waals surface area contributed by atoms with Crippen molar-refractivity contribution in [2.75, 3.05) is 54.0 Å². The number of likely N-dealkylation sites (N-methyl/N-ethyl adjacent to an activating group) is 1. The quantitative estimate of drug-likeness (QED) is 0.397. The summed E-state index contributed by atoms with van der Waals surface area (Å²) in [7, 11) is 5.39. The summed E-state index contributed by atoms with van der Waals surface area (Å²) in [6, 6.07) is 5.47. The number of carbonyl (C=O) groups excluding carboxylic acids is 1. The molecule has 7 nitrogen and oxygen atoms in total. The number of rotatable bonds is 7. The fourth-order valence-electron chi connectivity index (χ4n) is 2.74. The zero-order valence-electron chi connectivity index (χ0n) is 14.7. The fraction of sp³-hybridized carbons (Fsp3) is 0.529. The third kappa shape index (κ3) is 5.50. The summed E-state index contributed by atoms with van der Waals surface area (Å²) >= 11 is 0. The molecular weight excluding hydrogens is 308 g/mol. The predicted octanol–water partition coefficient (Wildman–Crippen LogP) is -2.04. The van der Waals surface area contributed by atoms with Crippen molar-refractivity contribution in [2.24, 2.45) is 5.10 Å². The van der Waals surface area contributed by atoms with Crippen LogP contribution >= 0.6 is 0 Å². The van der Waals surface area contributed by atoms with Crippen molar-refractivity contribution < 1.29 is 24.1 Å². The summed E-state index contributed by atoms with van der Waals surface area (Å²) < 4.78 is 10.4. The highest BCUT2D eigenvalue weighted by Gasteiger charge is 2.20. The Balaban J connectivity index is 1.75. The topological polar surface area (TPSA) is 68.8 Å². The van der Waals surface area contributed by atoms with E-state index in [4.69, 9.17) is 9.47 Å². The van der Waals surface area contributed by atoms with Crippen LogP contribution in [0, 0.1) is 0 Å². The van der Waals surface area contributed by atoms with Gasteiger partial charge in [0.1, 0.15) is 26.2 Å². The van der Waals surface area contributed by atoms with Gasteiger partial charge in [-0.1, -0.05) is 0 Å². The van der Waals surface area contributed by atoms with Crippen molar-refractivity contribution >= 4 is 12.1 Å². The lowest BCUT2D eigenvalue weighted by molar-refractivity contribution is -1.00. The maximum Gasteiger partial charge on any atom is 0.245 e. The number of ether oxygens (including phenoxy) is 2. The molecule has 0 atom stereocenters. The average molecular weight is 336 g/mol. The van der Waals surface area contributed by atoms with E-state index in [-0.39, 0.29) is 5.91 Å². The molecule has 1 aliphatic heterocycles. The van der Waals surface area contributed by atoms with Gasteiger partial charge < -0.3 is 19.3 Å². The van der Waals surface area contributed by atoms with Gasteiger partial charge in [-0.2, -0.15) is 5.10 Å². The lowest BCUT2D eigenvalue weighted by atomic mass is 10.2. The molecule has 0 unspecified atom stereocenters. The lowest BCUT2D eigenvalue weighted by Gasteiger charge is -2.26. The Bertz CT molecular complexity index is 569. The molecule has 1 aromatic rings. The van der Waals surface area contributed by atoms with Crippen molar-refractivity contribution in [3.8, 4) is 11.5 Å². The second-order valence-electron chi connectivity index (χ2n) is 6.11. The van der Waals surface area contributed by atoms with Crippen LogP contribution in [0.4, 0.5) is 0 Å². The number of hydrogen-bond acceptors (Lipinski definition) is 4. The van der Waals surface area contributed by atoms with Gasteiger partial charge in [-0.05, 0) is 23.8 Å². The molecule has 0 saturated carbocycles. The van der Waals surface area contributed by atoms with Crippen molar-refractivity contribution in [2.45, 2.75) is 6.42 Å². The van der Waals surface area contributed by atoms with E-state index in [1.54, 1.807) is 31.4 Å². The molecule has 1 aromatic carbocycles. The number of quaternary nitrogens is 2. The fourth-order valence-corrected chi connectivity index (χ4v) is 2.74. The summed E-state index contributed by atoms with van der Waals surface area (Å²) in [4.78, 5) is 14.9. The highest BCUT2D eigenvalue weighted by molar-refractivity contribution is 5.83. The number of carbonyl (C=O) groups is 1. The first-order valence-corrected chi connectivity index (χ1v) is 8.31. The van der Waals surface area contributed by atoms with Crippen LogP contribution in [0.2, 0.25) is 0 Å². The maximum absolute atomic E-state index is 11.9. The molecule has 0 radical (unpaired) electrons. The Morgan fingerprint density at radius 2 is 1.92 bits per heavy atom. The second kappa shape index (κ2) is 9.24. The number of hydrazone groups is 1. The standard InChI is InChI=1S/C17H26N4O3/c1-20-8-10-21(11-9-20)7-6-17(22)19-18-13-14-4-5-15(23-2)16(12-14)24-3/h4-5,12-13H,6-11H2,1-3H3,(H,19,22)/p+2/b18-13-. The molecule has 0 bridgehead atoms. The van der Waals surface area contributed by atoms with Gasteiger partial charge in [0.15, 0.2) is 11.5 Å².